The average Bonchev–Trinajstić information content (AvgIpc) is 2.74. The highest BCUT2D eigenvalue weighted by atomic mass is 32.2. The average molecular weight is 445 g/mol. The minimum Gasteiger partial charge on any atom is -0.339 e. The van der Waals surface area contributed by atoms with Crippen molar-refractivity contribution >= 4 is 21.8 Å². The van der Waals surface area contributed by atoms with Crippen LogP contribution in [0.5, 0.6) is 0 Å². The number of rotatable bonds is 7. The smallest absolute Gasteiger partial charge is 0.267 e. The third kappa shape index (κ3) is 7.84. The molecule has 0 saturated carbocycles. The zero-order valence-corrected chi connectivity index (χ0v) is 17.9. The Labute approximate surface area is 181 Å². The van der Waals surface area contributed by atoms with Crippen molar-refractivity contribution in [2.45, 2.75) is 25.6 Å². The molecule has 0 aliphatic heterocycles. The Kier molecular flexibility index (Phi) is 8.30. The summed E-state index contributed by atoms with van der Waals surface area (Å²) in [5, 5.41) is 11.2. The summed E-state index contributed by atoms with van der Waals surface area (Å²) in [7, 11) is -3.25. The van der Waals surface area contributed by atoms with E-state index in [0.29, 0.717) is 11.1 Å². The van der Waals surface area contributed by atoms with Crippen molar-refractivity contribution in [1.82, 2.24) is 15.5 Å². The maximum absolute atomic E-state index is 12.3. The molecule has 0 saturated heterocycles. The maximum Gasteiger partial charge on any atom is 0.267 e. The van der Waals surface area contributed by atoms with E-state index in [2.05, 4.69) is 21.9 Å². The monoisotopic (exact) mass is 444 g/mol. The molecule has 0 aliphatic carbocycles. The highest BCUT2D eigenvalue weighted by molar-refractivity contribution is 7.88. The lowest BCUT2D eigenvalue weighted by atomic mass is 10.1. The largest absolute Gasteiger partial charge is 0.339 e. The Hall–Kier alpha value is -3.23. The molecule has 0 spiro atoms. The zero-order chi connectivity index (χ0) is 23.0. The van der Waals surface area contributed by atoms with Gasteiger partial charge in [0, 0.05) is 29.3 Å². The highest BCUT2D eigenvalue weighted by Crippen LogP contribution is 2.07. The molecule has 2 aromatic rings. The number of carbonyl (C=O) groups excluding carboxylic acids is 2. The van der Waals surface area contributed by atoms with E-state index in [1.165, 1.54) is 12.4 Å². The molecule has 2 atom stereocenters. The van der Waals surface area contributed by atoms with Gasteiger partial charge in [0.2, 0.25) is 10.0 Å². The predicted molar refractivity (Wildman–Crippen MR) is 115 cm³/mol. The molecule has 0 bridgehead atoms. The van der Waals surface area contributed by atoms with Gasteiger partial charge in [-0.15, -0.1) is 0 Å². The van der Waals surface area contributed by atoms with Crippen molar-refractivity contribution < 1.29 is 23.2 Å². The van der Waals surface area contributed by atoms with Crippen molar-refractivity contribution in [3.63, 3.8) is 0 Å². The van der Waals surface area contributed by atoms with E-state index < -0.39 is 33.9 Å². The number of nitrogens with two attached hydrogens (primary N) is 1. The van der Waals surface area contributed by atoms with Gasteiger partial charge in [0.15, 0.2) is 0 Å². The van der Waals surface area contributed by atoms with Crippen LogP contribution in [-0.2, 0) is 21.4 Å². The van der Waals surface area contributed by atoms with Crippen LogP contribution < -0.4 is 21.3 Å². The van der Waals surface area contributed by atoms with E-state index in [4.69, 9.17) is 10.9 Å². The molecule has 0 aromatic heterocycles. The van der Waals surface area contributed by atoms with Crippen LogP contribution in [0.4, 0.5) is 0 Å². The summed E-state index contributed by atoms with van der Waals surface area (Å²) in [6.07, 6.45) is 1.10. The van der Waals surface area contributed by atoms with Gasteiger partial charge in [-0.25, -0.2) is 18.6 Å². The highest BCUT2D eigenvalue weighted by Gasteiger charge is 2.24. The molecule has 2 rings (SSSR count). The summed E-state index contributed by atoms with van der Waals surface area (Å²) in [4.78, 5) is 23.9. The third-order valence-electron chi connectivity index (χ3n) is 4.20. The number of hydrogen-bond acceptors (Lipinski definition) is 6. The molecular formula is C21H24N4O5S. The summed E-state index contributed by atoms with van der Waals surface area (Å²) >= 11 is 0. The molecule has 2 aromatic carbocycles. The van der Waals surface area contributed by atoms with Gasteiger partial charge in [-0.3, -0.25) is 14.8 Å². The van der Waals surface area contributed by atoms with Crippen LogP contribution in [0.1, 0.15) is 34.0 Å². The topological polar surface area (TPSA) is 151 Å². The maximum atomic E-state index is 12.3. The lowest BCUT2D eigenvalue weighted by Gasteiger charge is -2.20. The molecule has 31 heavy (non-hydrogen) atoms. The Morgan fingerprint density at radius 1 is 1.03 bits per heavy atom. The Bertz CT molecular complexity index is 1090. The van der Waals surface area contributed by atoms with Crippen LogP contribution in [0.3, 0.4) is 0 Å². The normalized spacial score (nSPS) is 12.8. The standard InChI is InChI=1S/C21H24N4O5S/c1-14(22)19(21(27)25-28)24-20(26)18-11-9-16(10-12-18)4-3-15-5-7-17(8-6-15)13-23-31(2,29)30/h5-12,14,19,23,28H,13,22H2,1-2H3,(H,24,26)(H,25,27)/t14-,19+/m1/s1. The van der Waals surface area contributed by atoms with E-state index >= 15 is 0 Å². The van der Waals surface area contributed by atoms with Gasteiger partial charge in [-0.2, -0.15) is 0 Å². The number of hydroxylamine groups is 1. The molecule has 164 valence electrons. The zero-order valence-electron chi connectivity index (χ0n) is 17.0. The first kappa shape index (κ1) is 24.0. The predicted octanol–water partition coefficient (Wildman–Crippen LogP) is 0.0866. The molecule has 6 N–H and O–H groups in total. The van der Waals surface area contributed by atoms with E-state index in [9.17, 15) is 18.0 Å². The second-order valence-corrected chi connectivity index (χ2v) is 8.74. The third-order valence-corrected chi connectivity index (χ3v) is 4.86. The van der Waals surface area contributed by atoms with Crippen LogP contribution in [-0.4, -0.2) is 43.8 Å². The van der Waals surface area contributed by atoms with Crippen LogP contribution >= 0.6 is 0 Å². The van der Waals surface area contributed by atoms with Crippen LogP contribution in [0.25, 0.3) is 0 Å². The number of carbonyl (C=O) groups is 2. The first-order valence-corrected chi connectivity index (χ1v) is 11.1. The Morgan fingerprint density at radius 3 is 2.00 bits per heavy atom. The van der Waals surface area contributed by atoms with Crippen molar-refractivity contribution in [3.8, 4) is 11.8 Å². The van der Waals surface area contributed by atoms with Gasteiger partial charge in [-0.1, -0.05) is 24.0 Å². The fourth-order valence-corrected chi connectivity index (χ4v) is 2.93. The van der Waals surface area contributed by atoms with Gasteiger partial charge < -0.3 is 11.1 Å². The van der Waals surface area contributed by atoms with Gasteiger partial charge in [0.1, 0.15) is 6.04 Å². The van der Waals surface area contributed by atoms with Crippen molar-refractivity contribution in [3.05, 3.63) is 70.8 Å². The molecule has 2 amide bonds. The first-order chi connectivity index (χ1) is 14.6. The molecule has 9 nitrogen and oxygen atoms in total. The Balaban J connectivity index is 2.02. The quantitative estimate of drug-likeness (QED) is 0.232. The second-order valence-electron chi connectivity index (χ2n) is 6.90. The summed E-state index contributed by atoms with van der Waals surface area (Å²) in [5.74, 6) is 4.66. The molecule has 0 aliphatic rings. The number of hydrogen-bond donors (Lipinski definition) is 5. The lowest BCUT2D eigenvalue weighted by Crippen LogP contribution is -2.54. The van der Waals surface area contributed by atoms with Gasteiger partial charge >= 0.3 is 0 Å². The van der Waals surface area contributed by atoms with Gasteiger partial charge in [-0.05, 0) is 48.9 Å². The summed E-state index contributed by atoms with van der Waals surface area (Å²) in [6.45, 7) is 1.74. The Morgan fingerprint density at radius 2 is 1.55 bits per heavy atom. The lowest BCUT2D eigenvalue weighted by molar-refractivity contribution is -0.131. The SMILES string of the molecule is C[C@@H](N)[C@H](NC(=O)c1ccc(C#Cc2ccc(CNS(C)(=O)=O)cc2)cc1)C(=O)NO. The van der Waals surface area contributed by atoms with Crippen LogP contribution in [0.2, 0.25) is 0 Å². The second kappa shape index (κ2) is 10.7. The van der Waals surface area contributed by atoms with E-state index in [1.54, 1.807) is 48.5 Å². The van der Waals surface area contributed by atoms with Crippen molar-refractivity contribution in [2.75, 3.05) is 6.26 Å². The molecular weight excluding hydrogens is 420 g/mol. The van der Waals surface area contributed by atoms with Crippen molar-refractivity contribution in [2.24, 2.45) is 5.73 Å². The molecule has 0 unspecified atom stereocenters. The number of benzene rings is 2. The molecule has 10 heteroatoms. The van der Waals surface area contributed by atoms with E-state index in [1.807, 2.05) is 0 Å². The summed E-state index contributed by atoms with van der Waals surface area (Å²) in [6, 6.07) is 11.8. The van der Waals surface area contributed by atoms with Crippen molar-refractivity contribution in [1.29, 1.82) is 0 Å². The first-order valence-electron chi connectivity index (χ1n) is 9.25. The fourth-order valence-electron chi connectivity index (χ4n) is 2.50. The summed E-state index contributed by atoms with van der Waals surface area (Å²) < 4.78 is 24.7. The molecule has 0 fully saturated rings. The summed E-state index contributed by atoms with van der Waals surface area (Å²) in [5.41, 5.74) is 9.70. The number of amides is 2. The fraction of sp³-hybridized carbons (Fsp3) is 0.238. The number of sulfonamides is 1. The molecule has 0 radical (unpaired) electrons. The van der Waals surface area contributed by atoms with E-state index in [0.717, 1.165) is 17.4 Å². The van der Waals surface area contributed by atoms with Gasteiger partial charge in [0.05, 0.1) is 6.26 Å². The number of nitrogens with one attached hydrogen (secondary N) is 3. The van der Waals surface area contributed by atoms with Gasteiger partial charge in [0.25, 0.3) is 11.8 Å². The van der Waals surface area contributed by atoms with Crippen LogP contribution in [0, 0.1) is 11.8 Å². The van der Waals surface area contributed by atoms with Crippen LogP contribution in [0.15, 0.2) is 48.5 Å². The minimum absolute atomic E-state index is 0.208. The molecule has 0 heterocycles. The van der Waals surface area contributed by atoms with E-state index in [-0.39, 0.29) is 6.54 Å². The minimum atomic E-state index is -3.25.